The molecule has 1 fully saturated rings. The molecule has 0 bridgehead atoms. The van der Waals surface area contributed by atoms with Crippen LogP contribution in [-0.4, -0.2) is 11.1 Å². The number of halogens is 1. The minimum Gasteiger partial charge on any atom is -0.478 e. The van der Waals surface area contributed by atoms with Crippen molar-refractivity contribution in [1.82, 2.24) is 0 Å². The number of nitrogens with two attached hydrogens (primary N) is 1. The molecule has 4 heteroatoms. The lowest BCUT2D eigenvalue weighted by molar-refractivity contribution is 0.0696. The van der Waals surface area contributed by atoms with E-state index in [1.54, 1.807) is 12.1 Å². The maximum atomic E-state index is 10.8. The molecule has 0 aliphatic heterocycles. The minimum absolute atomic E-state index is 0.283. The second-order valence-electron chi connectivity index (χ2n) is 3.69. The lowest BCUT2D eigenvalue weighted by Gasteiger charge is -2.10. The first-order chi connectivity index (χ1) is 6.51. The first-order valence-electron chi connectivity index (χ1n) is 4.34. The average Bonchev–Trinajstić information content (AvgIpc) is 2.84. The predicted octanol–water partition coefficient (Wildman–Crippen LogP) is 2.10. The smallest absolute Gasteiger partial charge is 0.335 e. The van der Waals surface area contributed by atoms with Crippen LogP contribution < -0.4 is 5.73 Å². The molecule has 0 amide bonds. The number of carbonyl (C=O) groups is 1. The van der Waals surface area contributed by atoms with Gasteiger partial charge in [0.05, 0.1) is 5.56 Å². The summed E-state index contributed by atoms with van der Waals surface area (Å²) >= 11 is 3.28. The highest BCUT2D eigenvalue weighted by Crippen LogP contribution is 2.43. The molecule has 0 saturated heterocycles. The van der Waals surface area contributed by atoms with Gasteiger partial charge in [0, 0.05) is 10.0 Å². The van der Waals surface area contributed by atoms with Gasteiger partial charge in [-0.15, -0.1) is 0 Å². The molecule has 0 spiro atoms. The fourth-order valence-corrected chi connectivity index (χ4v) is 1.92. The maximum absolute atomic E-state index is 10.8. The number of hydrogen-bond donors (Lipinski definition) is 2. The Morgan fingerprint density at radius 1 is 1.43 bits per heavy atom. The molecule has 14 heavy (non-hydrogen) atoms. The van der Waals surface area contributed by atoms with Crippen molar-refractivity contribution >= 4 is 21.9 Å². The van der Waals surface area contributed by atoms with Crippen LogP contribution >= 0.6 is 15.9 Å². The quantitative estimate of drug-likeness (QED) is 0.851. The number of benzene rings is 1. The van der Waals surface area contributed by atoms with Crippen LogP contribution in [0.5, 0.6) is 0 Å². The predicted molar refractivity (Wildman–Crippen MR) is 56.2 cm³/mol. The number of rotatable bonds is 2. The summed E-state index contributed by atoms with van der Waals surface area (Å²) in [5.41, 5.74) is 6.90. The zero-order chi connectivity index (χ0) is 10.3. The van der Waals surface area contributed by atoms with Crippen LogP contribution in [0.1, 0.15) is 28.8 Å². The fraction of sp³-hybridized carbons (Fsp3) is 0.300. The Bertz CT molecular complexity index is 399. The summed E-state index contributed by atoms with van der Waals surface area (Å²) < 4.78 is 0.768. The van der Waals surface area contributed by atoms with Crippen LogP contribution in [0, 0.1) is 0 Å². The number of aromatic carboxylic acids is 1. The largest absolute Gasteiger partial charge is 0.478 e. The molecule has 74 valence electrons. The van der Waals surface area contributed by atoms with Crippen LogP contribution in [-0.2, 0) is 5.54 Å². The van der Waals surface area contributed by atoms with Gasteiger partial charge in [-0.2, -0.15) is 0 Å². The van der Waals surface area contributed by atoms with E-state index in [4.69, 9.17) is 10.8 Å². The fourth-order valence-electron chi connectivity index (χ4n) is 1.42. The molecular weight excluding hydrogens is 246 g/mol. The molecule has 0 unspecified atom stereocenters. The zero-order valence-corrected chi connectivity index (χ0v) is 9.04. The van der Waals surface area contributed by atoms with Crippen LogP contribution in [0.2, 0.25) is 0 Å². The Labute approximate surface area is 90.0 Å². The van der Waals surface area contributed by atoms with Gasteiger partial charge in [-0.3, -0.25) is 0 Å². The number of hydrogen-bond acceptors (Lipinski definition) is 2. The summed E-state index contributed by atoms with van der Waals surface area (Å²) in [5.74, 6) is -0.920. The van der Waals surface area contributed by atoms with Crippen molar-refractivity contribution in [2.24, 2.45) is 5.73 Å². The molecule has 3 nitrogen and oxygen atoms in total. The van der Waals surface area contributed by atoms with Crippen LogP contribution in [0.4, 0.5) is 0 Å². The van der Waals surface area contributed by atoms with Crippen LogP contribution in [0.3, 0.4) is 0 Å². The summed E-state index contributed by atoms with van der Waals surface area (Å²) in [6, 6.07) is 5.12. The molecular formula is C10H10BrNO2. The summed E-state index contributed by atoms with van der Waals surface area (Å²) in [6.07, 6.45) is 1.87. The third-order valence-corrected chi connectivity index (χ3v) is 2.97. The zero-order valence-electron chi connectivity index (χ0n) is 7.46. The van der Waals surface area contributed by atoms with Crippen molar-refractivity contribution in [3.8, 4) is 0 Å². The second-order valence-corrected chi connectivity index (χ2v) is 4.61. The highest BCUT2D eigenvalue weighted by molar-refractivity contribution is 9.10. The Morgan fingerprint density at radius 3 is 2.57 bits per heavy atom. The maximum Gasteiger partial charge on any atom is 0.335 e. The molecule has 0 atom stereocenters. The SMILES string of the molecule is NC1(c2cc(Br)cc(C(=O)O)c2)CC1. The summed E-state index contributed by atoms with van der Waals surface area (Å²) in [5, 5.41) is 8.86. The average molecular weight is 256 g/mol. The van der Waals surface area contributed by atoms with E-state index in [9.17, 15) is 4.79 Å². The van der Waals surface area contributed by atoms with Gasteiger partial charge in [0.25, 0.3) is 0 Å². The van der Waals surface area contributed by atoms with Gasteiger partial charge in [0.2, 0.25) is 0 Å². The summed E-state index contributed by atoms with van der Waals surface area (Å²) in [6.45, 7) is 0. The van der Waals surface area contributed by atoms with E-state index in [1.807, 2.05) is 6.07 Å². The van der Waals surface area contributed by atoms with Gasteiger partial charge in [0.1, 0.15) is 0 Å². The van der Waals surface area contributed by atoms with Gasteiger partial charge in [-0.1, -0.05) is 15.9 Å². The van der Waals surface area contributed by atoms with Gasteiger partial charge < -0.3 is 10.8 Å². The molecule has 1 aliphatic carbocycles. The van der Waals surface area contributed by atoms with Gasteiger partial charge in [-0.25, -0.2) is 4.79 Å². The lowest BCUT2D eigenvalue weighted by Crippen LogP contribution is -2.19. The van der Waals surface area contributed by atoms with Crippen molar-refractivity contribution in [1.29, 1.82) is 0 Å². The first kappa shape index (κ1) is 9.68. The molecule has 1 aromatic rings. The monoisotopic (exact) mass is 255 g/mol. The molecule has 3 N–H and O–H groups in total. The number of carboxylic acid groups (broad SMARTS) is 1. The van der Waals surface area contributed by atoms with Gasteiger partial charge >= 0.3 is 5.97 Å². The third kappa shape index (κ3) is 1.67. The standard InChI is InChI=1S/C10H10BrNO2/c11-8-4-6(9(13)14)3-7(5-8)10(12)1-2-10/h3-5H,1-2,12H2,(H,13,14). The summed E-state index contributed by atoms with van der Waals surface area (Å²) in [7, 11) is 0. The van der Waals surface area contributed by atoms with Gasteiger partial charge in [-0.05, 0) is 36.6 Å². The second kappa shape index (κ2) is 3.07. The molecule has 2 rings (SSSR count). The van der Waals surface area contributed by atoms with Crippen molar-refractivity contribution in [3.05, 3.63) is 33.8 Å². The van der Waals surface area contributed by atoms with Crippen molar-refractivity contribution in [3.63, 3.8) is 0 Å². The van der Waals surface area contributed by atoms with E-state index in [1.165, 1.54) is 0 Å². The van der Waals surface area contributed by atoms with E-state index in [2.05, 4.69) is 15.9 Å². The molecule has 0 heterocycles. The highest BCUT2D eigenvalue weighted by Gasteiger charge is 2.40. The van der Waals surface area contributed by atoms with Crippen molar-refractivity contribution in [2.45, 2.75) is 18.4 Å². The molecule has 1 saturated carbocycles. The Balaban J connectivity index is 2.47. The molecule has 0 aromatic heterocycles. The molecule has 0 radical (unpaired) electrons. The van der Waals surface area contributed by atoms with E-state index in [0.29, 0.717) is 0 Å². The first-order valence-corrected chi connectivity index (χ1v) is 5.14. The third-order valence-electron chi connectivity index (χ3n) is 2.51. The topological polar surface area (TPSA) is 63.3 Å². The Kier molecular flexibility index (Phi) is 2.12. The number of carboxylic acids is 1. The van der Waals surface area contributed by atoms with E-state index in [0.717, 1.165) is 22.9 Å². The van der Waals surface area contributed by atoms with E-state index >= 15 is 0 Å². The normalized spacial score (nSPS) is 17.9. The Morgan fingerprint density at radius 2 is 2.07 bits per heavy atom. The summed E-state index contributed by atoms with van der Waals surface area (Å²) in [4.78, 5) is 10.8. The Hall–Kier alpha value is -0.870. The minimum atomic E-state index is -0.920. The lowest BCUT2D eigenvalue weighted by atomic mass is 10.0. The highest BCUT2D eigenvalue weighted by atomic mass is 79.9. The van der Waals surface area contributed by atoms with Crippen molar-refractivity contribution in [2.75, 3.05) is 0 Å². The van der Waals surface area contributed by atoms with Crippen LogP contribution in [0.15, 0.2) is 22.7 Å². The van der Waals surface area contributed by atoms with Gasteiger partial charge in [0.15, 0.2) is 0 Å². The molecule has 1 aromatic carbocycles. The molecule has 1 aliphatic rings. The van der Waals surface area contributed by atoms with Crippen molar-refractivity contribution < 1.29 is 9.90 Å². The van der Waals surface area contributed by atoms with E-state index in [-0.39, 0.29) is 11.1 Å². The van der Waals surface area contributed by atoms with Crippen LogP contribution in [0.25, 0.3) is 0 Å². The van der Waals surface area contributed by atoms with E-state index < -0.39 is 5.97 Å².